The number of nitrogens with zero attached hydrogens (tertiary/aromatic N) is 3. The molecule has 1 aliphatic carbocycles. The van der Waals surface area contributed by atoms with Crippen molar-refractivity contribution in [2.75, 3.05) is 18.4 Å². The second kappa shape index (κ2) is 8.34. The van der Waals surface area contributed by atoms with Crippen LogP contribution in [0.25, 0.3) is 0 Å². The second-order valence-corrected chi connectivity index (χ2v) is 10.6. The Hall–Kier alpha value is -2.69. The van der Waals surface area contributed by atoms with Gasteiger partial charge in [0.1, 0.15) is 0 Å². The molecule has 2 fully saturated rings. The number of benzene rings is 1. The van der Waals surface area contributed by atoms with Crippen molar-refractivity contribution in [3.05, 3.63) is 48.3 Å². The first-order chi connectivity index (χ1) is 15.1. The molecule has 32 heavy (non-hydrogen) atoms. The quantitative estimate of drug-likeness (QED) is 0.728. The van der Waals surface area contributed by atoms with Crippen LogP contribution in [-0.4, -0.2) is 47.4 Å². The van der Waals surface area contributed by atoms with E-state index in [1.807, 2.05) is 0 Å². The molecule has 1 aliphatic heterocycles. The van der Waals surface area contributed by atoms with Crippen LogP contribution in [0.2, 0.25) is 0 Å². The molecule has 0 bridgehead atoms. The molecule has 2 heterocycles. The highest BCUT2D eigenvalue weighted by atomic mass is 32.2. The van der Waals surface area contributed by atoms with Crippen LogP contribution in [0, 0.1) is 5.92 Å². The molecule has 1 saturated heterocycles. The number of piperidine rings is 1. The van der Waals surface area contributed by atoms with E-state index in [0.717, 1.165) is 30.7 Å². The van der Waals surface area contributed by atoms with E-state index >= 15 is 0 Å². The van der Waals surface area contributed by atoms with E-state index in [0.29, 0.717) is 44.5 Å². The van der Waals surface area contributed by atoms with Gasteiger partial charge in [-0.2, -0.15) is 23.4 Å². The smallest absolute Gasteiger partial charge is 0.325 e. The minimum atomic E-state index is -4.52. The Kier molecular flexibility index (Phi) is 5.87. The fourth-order valence-corrected chi connectivity index (χ4v) is 7.12. The van der Waals surface area contributed by atoms with Crippen molar-refractivity contribution in [2.45, 2.75) is 47.9 Å². The summed E-state index contributed by atoms with van der Waals surface area (Å²) in [6, 6.07) is 5.09. The molecular formula is C21H23F3N4O3S. The summed E-state index contributed by atoms with van der Waals surface area (Å²) in [5.74, 6) is -0.157. The number of hydrogen-bond donors (Lipinski definition) is 1. The molecule has 2 aliphatic rings. The molecule has 7 nitrogen and oxygen atoms in total. The Morgan fingerprint density at radius 2 is 1.72 bits per heavy atom. The summed E-state index contributed by atoms with van der Waals surface area (Å²) in [6.07, 6.45) is 1.14. The molecule has 1 aromatic carbocycles. The lowest BCUT2D eigenvalue weighted by atomic mass is 9.71. The monoisotopic (exact) mass is 468 g/mol. The molecule has 172 valence electrons. The third-order valence-corrected chi connectivity index (χ3v) is 9.29. The van der Waals surface area contributed by atoms with E-state index in [2.05, 4.69) is 15.5 Å². The third-order valence-electron chi connectivity index (χ3n) is 6.59. The van der Waals surface area contributed by atoms with Crippen LogP contribution in [-0.2, 0) is 16.0 Å². The second-order valence-electron chi connectivity index (χ2n) is 8.27. The van der Waals surface area contributed by atoms with Crippen LogP contribution in [0.4, 0.5) is 23.7 Å². The van der Waals surface area contributed by atoms with Crippen molar-refractivity contribution in [1.82, 2.24) is 15.1 Å². The van der Waals surface area contributed by atoms with Gasteiger partial charge in [0.05, 0.1) is 33.3 Å². The summed E-state index contributed by atoms with van der Waals surface area (Å²) >= 11 is 0. The number of alkyl halides is 3. The van der Waals surface area contributed by atoms with Crippen LogP contribution < -0.4 is 5.32 Å². The standard InChI is InChI=1S/C21H23F3N4O3S/c22-21(23,24)16-2-4-18(5-3-16)32(30,31)20(9-1-10-20)15-7-12-28(13-8-15)19(29)27-17-6-11-25-26-14-17/h2-6,11,14-15H,1,7-10,12-13H2,(H,25,27,29). The molecule has 1 saturated carbocycles. The summed E-state index contributed by atoms with van der Waals surface area (Å²) in [6.45, 7) is 0.804. The molecule has 0 radical (unpaired) electrons. The van der Waals surface area contributed by atoms with E-state index in [4.69, 9.17) is 0 Å². The van der Waals surface area contributed by atoms with Crippen LogP contribution in [0.5, 0.6) is 0 Å². The lowest BCUT2D eigenvalue weighted by molar-refractivity contribution is -0.137. The van der Waals surface area contributed by atoms with Crippen molar-refractivity contribution in [3.8, 4) is 0 Å². The minimum Gasteiger partial charge on any atom is -0.325 e. The zero-order valence-electron chi connectivity index (χ0n) is 17.2. The molecule has 0 spiro atoms. The van der Waals surface area contributed by atoms with E-state index in [1.165, 1.54) is 12.4 Å². The predicted octanol–water partition coefficient (Wildman–Crippen LogP) is 4.14. The average Bonchev–Trinajstić information content (AvgIpc) is 2.73. The summed E-state index contributed by atoms with van der Waals surface area (Å²) in [5, 5.41) is 10.1. The number of carbonyl (C=O) groups excluding carboxylic acids is 1. The zero-order chi connectivity index (χ0) is 23.0. The Bertz CT molecular complexity index is 1060. The number of urea groups is 1. The highest BCUT2D eigenvalue weighted by molar-refractivity contribution is 7.93. The first kappa shape index (κ1) is 22.5. The number of halogens is 3. The Labute approximate surface area is 183 Å². The molecule has 11 heteroatoms. The predicted molar refractivity (Wildman–Crippen MR) is 111 cm³/mol. The van der Waals surface area contributed by atoms with E-state index in [1.54, 1.807) is 11.0 Å². The number of likely N-dealkylation sites (tertiary alicyclic amines) is 1. The van der Waals surface area contributed by atoms with Crippen molar-refractivity contribution in [1.29, 1.82) is 0 Å². The molecule has 2 aromatic rings. The zero-order valence-corrected chi connectivity index (χ0v) is 18.0. The van der Waals surface area contributed by atoms with Crippen LogP contribution in [0.1, 0.15) is 37.7 Å². The number of nitrogens with one attached hydrogen (secondary N) is 1. The Morgan fingerprint density at radius 1 is 1.06 bits per heavy atom. The van der Waals surface area contributed by atoms with Gasteiger partial charge in [-0.1, -0.05) is 6.42 Å². The maximum atomic E-state index is 13.5. The largest absolute Gasteiger partial charge is 0.416 e. The normalized spacial score (nSPS) is 19.3. The number of anilines is 1. The number of hydrogen-bond acceptors (Lipinski definition) is 5. The summed E-state index contributed by atoms with van der Waals surface area (Å²) in [5.41, 5.74) is -0.352. The summed E-state index contributed by atoms with van der Waals surface area (Å²) < 4.78 is 64.5. The van der Waals surface area contributed by atoms with Crippen LogP contribution >= 0.6 is 0 Å². The van der Waals surface area contributed by atoms with Gasteiger partial charge < -0.3 is 10.2 Å². The van der Waals surface area contributed by atoms with Crippen molar-refractivity contribution in [3.63, 3.8) is 0 Å². The fraction of sp³-hybridized carbons (Fsp3) is 0.476. The van der Waals surface area contributed by atoms with Gasteiger partial charge in [-0.05, 0) is 61.9 Å². The summed E-state index contributed by atoms with van der Waals surface area (Å²) in [4.78, 5) is 14.1. The average molecular weight is 469 g/mol. The molecule has 0 unspecified atom stereocenters. The number of aromatic nitrogens is 2. The van der Waals surface area contributed by atoms with Gasteiger partial charge in [0.2, 0.25) is 0 Å². The SMILES string of the molecule is O=C(Nc1ccnnc1)N1CCC(C2(S(=O)(=O)c3ccc(C(F)(F)F)cc3)CCC2)CC1. The molecule has 1 N–H and O–H groups in total. The number of sulfone groups is 1. The topological polar surface area (TPSA) is 92.3 Å². The summed E-state index contributed by atoms with van der Waals surface area (Å²) in [7, 11) is -3.81. The van der Waals surface area contributed by atoms with Gasteiger partial charge in [-0.25, -0.2) is 13.2 Å². The highest BCUT2D eigenvalue weighted by Crippen LogP contribution is 2.51. The Balaban J connectivity index is 1.46. The van der Waals surface area contributed by atoms with Gasteiger partial charge in [-0.15, -0.1) is 0 Å². The molecule has 0 atom stereocenters. The number of carbonyl (C=O) groups is 1. The number of amides is 2. The van der Waals surface area contributed by atoms with Gasteiger partial charge in [0, 0.05) is 13.1 Å². The Morgan fingerprint density at radius 3 is 2.22 bits per heavy atom. The van der Waals surface area contributed by atoms with E-state index in [-0.39, 0.29) is 16.8 Å². The van der Waals surface area contributed by atoms with E-state index in [9.17, 15) is 26.4 Å². The highest BCUT2D eigenvalue weighted by Gasteiger charge is 2.55. The maximum absolute atomic E-state index is 13.5. The minimum absolute atomic E-state index is 0.0736. The molecule has 1 aromatic heterocycles. The molecule has 2 amide bonds. The first-order valence-electron chi connectivity index (χ1n) is 10.4. The lowest BCUT2D eigenvalue weighted by Gasteiger charge is -2.49. The van der Waals surface area contributed by atoms with E-state index < -0.39 is 26.3 Å². The van der Waals surface area contributed by atoms with Crippen molar-refractivity contribution in [2.24, 2.45) is 5.92 Å². The lowest BCUT2D eigenvalue weighted by Crippen LogP contribution is -2.55. The third kappa shape index (κ3) is 4.05. The fourth-order valence-electron chi connectivity index (χ4n) is 4.66. The number of rotatable bonds is 4. The van der Waals surface area contributed by atoms with Gasteiger partial charge in [-0.3, -0.25) is 0 Å². The van der Waals surface area contributed by atoms with Gasteiger partial charge >= 0.3 is 12.2 Å². The molecular weight excluding hydrogens is 445 g/mol. The van der Waals surface area contributed by atoms with Gasteiger partial charge in [0.15, 0.2) is 9.84 Å². The van der Waals surface area contributed by atoms with Gasteiger partial charge in [0.25, 0.3) is 0 Å². The maximum Gasteiger partial charge on any atom is 0.416 e. The van der Waals surface area contributed by atoms with Crippen molar-refractivity contribution < 1.29 is 26.4 Å². The van der Waals surface area contributed by atoms with Crippen molar-refractivity contribution >= 4 is 21.6 Å². The van der Waals surface area contributed by atoms with Crippen LogP contribution in [0.3, 0.4) is 0 Å². The molecule has 4 rings (SSSR count). The van der Waals surface area contributed by atoms with Crippen LogP contribution in [0.15, 0.2) is 47.6 Å². The first-order valence-corrected chi connectivity index (χ1v) is 11.9.